The number of carboxylic acids is 1. The molecule has 0 radical (unpaired) electrons. The van der Waals surface area contributed by atoms with E-state index >= 15 is 8.78 Å². The molecule has 3 atom stereocenters. The van der Waals surface area contributed by atoms with Gasteiger partial charge in [0.15, 0.2) is 21.3 Å². The van der Waals surface area contributed by atoms with Gasteiger partial charge in [0.05, 0.1) is 39.8 Å². The summed E-state index contributed by atoms with van der Waals surface area (Å²) in [5.74, 6) is -10.9. The minimum atomic E-state index is -5.23. The highest BCUT2D eigenvalue weighted by Crippen LogP contribution is 2.68. The Hall–Kier alpha value is -6.27. The SMILES string of the molecule is CC(C)(C#Cc1ccc(-c2ccc(Cl)c3c(N(C(=O)C4CC(C(=O)O)C4)S(C)(=O)=O)nn(CC(F)(F)F)c23)c([C@@H](Cc2cc(F)cc(F)c2)NC(=O)Cn2nc(C(F)(F)F)c3c2C(F)(F)[C@@H]2C[C@H]32)n1)S(C)(=O)=O. The largest absolute Gasteiger partial charge is 0.481 e. The Kier molecular flexibility index (Phi) is 13.1. The molecule has 2 saturated carbocycles. The first-order valence-electron chi connectivity index (χ1n) is 21.6. The molecule has 2 aromatic carbocycles. The summed E-state index contributed by atoms with van der Waals surface area (Å²) in [6.07, 6.45) is -10.7. The fourth-order valence-corrected chi connectivity index (χ4v) is 10.4. The summed E-state index contributed by atoms with van der Waals surface area (Å²) in [5.41, 5.74) is -6.00. The minimum absolute atomic E-state index is 0.0900. The molecular weight excluding hydrogens is 1060 g/mol. The van der Waals surface area contributed by atoms with Crippen LogP contribution in [-0.4, -0.2) is 87.7 Å². The molecule has 3 aliphatic carbocycles. The molecular formula is C45H38ClF10N7O8S2. The third kappa shape index (κ3) is 10.2. The van der Waals surface area contributed by atoms with Crippen LogP contribution in [0.4, 0.5) is 49.7 Å². The number of nitrogens with zero attached hydrogens (tertiary/aromatic N) is 6. The van der Waals surface area contributed by atoms with Gasteiger partial charge in [-0.15, -0.1) is 0 Å². The van der Waals surface area contributed by atoms with E-state index in [0.717, 1.165) is 42.7 Å². The highest BCUT2D eigenvalue weighted by Gasteiger charge is 2.68. The van der Waals surface area contributed by atoms with Crippen LogP contribution >= 0.6 is 11.6 Å². The number of anilines is 1. The number of amides is 2. The number of aliphatic carboxylic acids is 1. The molecule has 0 aliphatic heterocycles. The number of hydrogen-bond acceptors (Lipinski definition) is 10. The maximum absolute atomic E-state index is 15.6. The molecule has 5 aromatic rings. The predicted octanol–water partition coefficient (Wildman–Crippen LogP) is 7.69. The van der Waals surface area contributed by atoms with E-state index in [1.165, 1.54) is 13.8 Å². The lowest BCUT2D eigenvalue weighted by atomic mass is 9.74. The number of halogens is 11. The van der Waals surface area contributed by atoms with E-state index in [2.05, 4.69) is 32.3 Å². The molecule has 0 unspecified atom stereocenters. The predicted molar refractivity (Wildman–Crippen MR) is 239 cm³/mol. The highest BCUT2D eigenvalue weighted by molar-refractivity contribution is 7.93. The first-order valence-corrected chi connectivity index (χ1v) is 25.8. The number of carboxylic acid groups (broad SMARTS) is 1. The number of pyridine rings is 1. The summed E-state index contributed by atoms with van der Waals surface area (Å²) >= 11 is 6.64. The van der Waals surface area contributed by atoms with Crippen molar-refractivity contribution in [1.29, 1.82) is 0 Å². The highest BCUT2D eigenvalue weighted by atomic mass is 35.5. The van der Waals surface area contributed by atoms with Gasteiger partial charge in [-0.05, 0) is 87.3 Å². The molecule has 3 aliphatic rings. The van der Waals surface area contributed by atoms with Crippen LogP contribution in [0.1, 0.15) is 79.0 Å². The minimum Gasteiger partial charge on any atom is -0.481 e. The molecule has 0 spiro atoms. The van der Waals surface area contributed by atoms with Crippen LogP contribution in [0.3, 0.4) is 0 Å². The summed E-state index contributed by atoms with van der Waals surface area (Å²) in [6.45, 7) is -0.850. The number of benzene rings is 2. The number of nitrogens with one attached hydrogen (secondary N) is 1. The van der Waals surface area contributed by atoms with Crippen LogP contribution in [0, 0.1) is 41.2 Å². The normalized spacial score (nSPS) is 19.8. The molecule has 390 valence electrons. The van der Waals surface area contributed by atoms with Crippen LogP contribution in [0.5, 0.6) is 0 Å². The van der Waals surface area contributed by atoms with E-state index in [-0.39, 0.29) is 55.3 Å². The van der Waals surface area contributed by atoms with E-state index in [0.29, 0.717) is 12.3 Å². The van der Waals surface area contributed by atoms with Gasteiger partial charge in [-0.25, -0.2) is 30.6 Å². The Bertz CT molecular complexity index is 3430. The second-order valence-corrected chi connectivity index (χ2v) is 23.4. The van der Waals surface area contributed by atoms with Crippen LogP contribution in [0.15, 0.2) is 42.5 Å². The first-order chi connectivity index (χ1) is 33.6. The molecule has 0 bridgehead atoms. The van der Waals surface area contributed by atoms with Gasteiger partial charge in [-0.2, -0.15) is 49.6 Å². The monoisotopic (exact) mass is 1090 g/mol. The zero-order valence-corrected chi connectivity index (χ0v) is 40.5. The van der Waals surface area contributed by atoms with Crippen molar-refractivity contribution in [3.63, 3.8) is 0 Å². The summed E-state index contributed by atoms with van der Waals surface area (Å²) in [5, 5.41) is 18.1. The molecule has 0 saturated heterocycles. The number of fused-ring (bicyclic) bond motifs is 4. The van der Waals surface area contributed by atoms with E-state index in [4.69, 9.17) is 11.6 Å². The van der Waals surface area contributed by atoms with Crippen LogP contribution in [0.25, 0.3) is 22.0 Å². The second kappa shape index (κ2) is 18.0. The topological polar surface area (TPSA) is 204 Å². The first kappa shape index (κ1) is 53.0. The van der Waals surface area contributed by atoms with E-state index in [9.17, 15) is 71.4 Å². The van der Waals surface area contributed by atoms with Crippen LogP contribution in [-0.2, 0) is 65.9 Å². The standard InChI is InChI=1S/C45H38ClF10N7O8S2/c1-42(2,72(3,68)69)10-9-25-5-6-26(27-7-8-30(46)34-36(27)62(19-43(49,50)51)60-39(34)63(73(4,70)71)40(65)21-14-22(15-21)41(66)67)35(57-25)31(13-20-11-23(47)16-24(48)12-20)58-32(64)18-61-38-33(37(59-61)45(54,55)56)28-17-29(28)44(38,52)53/h5-8,11-12,16,21-22,28-29,31H,13-15,17-19H2,1-4H3,(H,58,64)(H,66,67)/t21?,22?,28-,29+,31+/m0/s1. The van der Waals surface area contributed by atoms with Gasteiger partial charge in [-0.1, -0.05) is 23.6 Å². The Morgan fingerprint density at radius 3 is 2.12 bits per heavy atom. The summed E-state index contributed by atoms with van der Waals surface area (Å²) < 4.78 is 198. The lowest BCUT2D eigenvalue weighted by Crippen LogP contribution is -2.46. The van der Waals surface area contributed by atoms with Crippen molar-refractivity contribution >= 4 is 66.0 Å². The van der Waals surface area contributed by atoms with E-state index < -0.39 is 166 Å². The molecule has 2 amide bonds. The number of carbonyl (C=O) groups excluding carboxylic acids is 2. The number of alkyl halides is 8. The number of hydrogen-bond donors (Lipinski definition) is 2. The zero-order valence-electron chi connectivity index (χ0n) is 38.1. The van der Waals surface area contributed by atoms with E-state index in [1.54, 1.807) is 0 Å². The number of sulfone groups is 1. The fraction of sp³-hybridized carbons (Fsp3) is 0.422. The van der Waals surface area contributed by atoms with Crippen molar-refractivity contribution in [3.05, 3.63) is 93.0 Å². The Morgan fingerprint density at radius 2 is 1.55 bits per heavy atom. The van der Waals surface area contributed by atoms with Crippen molar-refractivity contribution in [2.24, 2.45) is 17.8 Å². The smallest absolute Gasteiger partial charge is 0.435 e. The number of aromatic nitrogens is 5. The summed E-state index contributed by atoms with van der Waals surface area (Å²) in [4.78, 5) is 44.2. The molecule has 15 nitrogen and oxygen atoms in total. The Balaban J connectivity index is 1.35. The summed E-state index contributed by atoms with van der Waals surface area (Å²) in [6, 6.07) is 4.69. The number of sulfonamides is 1. The van der Waals surface area contributed by atoms with Crippen molar-refractivity contribution in [2.75, 3.05) is 16.8 Å². The average molecular weight is 1090 g/mol. The van der Waals surface area contributed by atoms with Gasteiger partial charge in [0.2, 0.25) is 21.8 Å². The zero-order chi connectivity index (χ0) is 53.9. The van der Waals surface area contributed by atoms with Crippen molar-refractivity contribution in [3.8, 4) is 23.0 Å². The number of rotatable bonds is 13. The van der Waals surface area contributed by atoms with Gasteiger partial charge in [-0.3, -0.25) is 23.7 Å². The summed E-state index contributed by atoms with van der Waals surface area (Å²) in [7, 11) is -8.74. The molecule has 28 heteroatoms. The maximum atomic E-state index is 15.6. The van der Waals surface area contributed by atoms with E-state index in [1.807, 2.05) is 0 Å². The Labute approximate surface area is 412 Å². The number of carbonyl (C=O) groups is 3. The van der Waals surface area contributed by atoms with Crippen LogP contribution in [0.2, 0.25) is 5.02 Å². The van der Waals surface area contributed by atoms with Gasteiger partial charge in [0, 0.05) is 40.8 Å². The molecule has 8 rings (SSSR count). The quantitative estimate of drug-likeness (QED) is 0.0864. The molecule has 2 N–H and O–H groups in total. The van der Waals surface area contributed by atoms with Gasteiger partial charge in [0.1, 0.15) is 40.9 Å². The lowest BCUT2D eigenvalue weighted by molar-refractivity contribution is -0.148. The molecule has 73 heavy (non-hydrogen) atoms. The van der Waals surface area contributed by atoms with Gasteiger partial charge >= 0.3 is 18.3 Å². The van der Waals surface area contributed by atoms with Gasteiger partial charge in [0.25, 0.3) is 5.92 Å². The third-order valence-corrected chi connectivity index (χ3v) is 16.2. The molecule has 2 fully saturated rings. The molecule has 3 heterocycles. The van der Waals surface area contributed by atoms with Crippen molar-refractivity contribution in [1.82, 2.24) is 29.9 Å². The lowest BCUT2D eigenvalue weighted by Gasteiger charge is -2.33. The van der Waals surface area contributed by atoms with Gasteiger partial charge < -0.3 is 10.4 Å². The third-order valence-electron chi connectivity index (χ3n) is 12.9. The van der Waals surface area contributed by atoms with Crippen molar-refractivity contribution in [2.45, 2.75) is 87.6 Å². The van der Waals surface area contributed by atoms with Crippen LogP contribution < -0.4 is 9.62 Å². The maximum Gasteiger partial charge on any atom is 0.435 e. The second-order valence-electron chi connectivity index (χ2n) is 18.6. The van der Waals surface area contributed by atoms with Crippen molar-refractivity contribution < 1.29 is 80.2 Å². The average Bonchev–Trinajstić information content (AvgIpc) is 3.73. The fourth-order valence-electron chi connectivity index (χ4n) is 9.01. The molecule has 3 aromatic heterocycles. The Morgan fingerprint density at radius 1 is 0.918 bits per heavy atom.